The molecule has 70 valence electrons. The summed E-state index contributed by atoms with van der Waals surface area (Å²) in [6, 6.07) is 6.84. The van der Waals surface area contributed by atoms with Crippen molar-refractivity contribution in [2.75, 3.05) is 7.11 Å². The van der Waals surface area contributed by atoms with Crippen LogP contribution in [0.15, 0.2) is 18.2 Å². The molecule has 0 bridgehead atoms. The van der Waals surface area contributed by atoms with E-state index in [1.807, 2.05) is 6.07 Å². The first kappa shape index (κ1) is 8.57. The van der Waals surface area contributed by atoms with Gasteiger partial charge in [-0.05, 0) is 29.7 Å². The van der Waals surface area contributed by atoms with Gasteiger partial charge in [0.1, 0.15) is 5.75 Å². The second-order valence-electron chi connectivity index (χ2n) is 3.41. The summed E-state index contributed by atoms with van der Waals surface area (Å²) in [6.45, 7) is 3.20. The summed E-state index contributed by atoms with van der Waals surface area (Å²) in [4.78, 5) is 0. The predicted molar refractivity (Wildman–Crippen MR) is 52.9 cm³/mol. The lowest BCUT2D eigenvalue weighted by Crippen LogP contribution is -2.10. The minimum absolute atomic E-state index is 0.519. The number of methoxy groups -OCH3 is 1. The number of benzene rings is 1. The zero-order valence-electron chi connectivity index (χ0n) is 8.13. The average molecular weight is 177 g/mol. The van der Waals surface area contributed by atoms with Crippen molar-refractivity contribution in [1.82, 2.24) is 5.32 Å². The van der Waals surface area contributed by atoms with Crippen molar-refractivity contribution in [2.45, 2.75) is 25.9 Å². The summed E-state index contributed by atoms with van der Waals surface area (Å²) in [6.07, 6.45) is 1.14. The van der Waals surface area contributed by atoms with Crippen LogP contribution >= 0.6 is 0 Å². The largest absolute Gasteiger partial charge is 0.497 e. The first-order valence-corrected chi connectivity index (χ1v) is 4.75. The van der Waals surface area contributed by atoms with Gasteiger partial charge < -0.3 is 10.1 Å². The monoisotopic (exact) mass is 177 g/mol. The average Bonchev–Trinajstić information content (AvgIpc) is 2.59. The third kappa shape index (κ3) is 1.42. The Morgan fingerprint density at radius 2 is 2.38 bits per heavy atom. The lowest BCUT2D eigenvalue weighted by atomic mass is 10.0. The second-order valence-corrected chi connectivity index (χ2v) is 3.41. The van der Waals surface area contributed by atoms with E-state index in [2.05, 4.69) is 24.4 Å². The van der Waals surface area contributed by atoms with Crippen molar-refractivity contribution in [2.24, 2.45) is 0 Å². The van der Waals surface area contributed by atoms with Crippen LogP contribution in [0.1, 0.15) is 30.5 Å². The van der Waals surface area contributed by atoms with E-state index >= 15 is 0 Å². The molecule has 0 aromatic heterocycles. The molecule has 13 heavy (non-hydrogen) atoms. The molecule has 2 heteroatoms. The summed E-state index contributed by atoms with van der Waals surface area (Å²) in [7, 11) is 1.71. The summed E-state index contributed by atoms with van der Waals surface area (Å²) in [5.41, 5.74) is 2.81. The van der Waals surface area contributed by atoms with E-state index in [9.17, 15) is 0 Å². The third-order valence-corrected chi connectivity index (χ3v) is 2.68. The van der Waals surface area contributed by atoms with Crippen LogP contribution in [-0.2, 0) is 6.54 Å². The van der Waals surface area contributed by atoms with Crippen LogP contribution in [-0.4, -0.2) is 7.11 Å². The van der Waals surface area contributed by atoms with Crippen LogP contribution in [0.2, 0.25) is 0 Å². The highest BCUT2D eigenvalue weighted by molar-refractivity contribution is 5.40. The summed E-state index contributed by atoms with van der Waals surface area (Å²) in [5, 5.41) is 3.47. The second kappa shape index (κ2) is 3.38. The Hall–Kier alpha value is -1.02. The Bertz CT molecular complexity index is 309. The first-order valence-electron chi connectivity index (χ1n) is 4.75. The van der Waals surface area contributed by atoms with Gasteiger partial charge in [0.2, 0.25) is 0 Å². The molecule has 1 unspecified atom stereocenters. The molecular weight excluding hydrogens is 162 g/mol. The van der Waals surface area contributed by atoms with Gasteiger partial charge in [-0.1, -0.05) is 13.0 Å². The van der Waals surface area contributed by atoms with Crippen LogP contribution in [0.25, 0.3) is 0 Å². The van der Waals surface area contributed by atoms with Crippen molar-refractivity contribution in [3.8, 4) is 5.75 Å². The zero-order valence-corrected chi connectivity index (χ0v) is 8.13. The Kier molecular flexibility index (Phi) is 2.23. The molecular formula is C11H15NO. The Balaban J connectivity index is 2.37. The predicted octanol–water partition coefficient (Wildman–Crippen LogP) is 2.25. The van der Waals surface area contributed by atoms with Crippen LogP contribution in [0, 0.1) is 0 Å². The maximum Gasteiger partial charge on any atom is 0.119 e. The molecule has 1 heterocycles. The van der Waals surface area contributed by atoms with Crippen molar-refractivity contribution in [3.05, 3.63) is 29.3 Å². The van der Waals surface area contributed by atoms with E-state index in [1.54, 1.807) is 7.11 Å². The quantitative estimate of drug-likeness (QED) is 0.748. The fraction of sp³-hybridized carbons (Fsp3) is 0.455. The highest BCUT2D eigenvalue weighted by Gasteiger charge is 2.20. The molecule has 1 aliphatic rings. The number of hydrogen-bond donors (Lipinski definition) is 1. The van der Waals surface area contributed by atoms with E-state index in [0.717, 1.165) is 18.7 Å². The van der Waals surface area contributed by atoms with Gasteiger partial charge in [-0.15, -0.1) is 0 Å². The SMILES string of the molecule is CCC1NCc2ccc(OC)cc21. The molecule has 0 saturated heterocycles. The molecule has 0 saturated carbocycles. The number of rotatable bonds is 2. The van der Waals surface area contributed by atoms with Crippen molar-refractivity contribution in [3.63, 3.8) is 0 Å². The molecule has 0 aliphatic carbocycles. The fourth-order valence-corrected chi connectivity index (χ4v) is 1.89. The van der Waals surface area contributed by atoms with E-state index < -0.39 is 0 Å². The van der Waals surface area contributed by atoms with Crippen molar-refractivity contribution >= 4 is 0 Å². The molecule has 1 aromatic rings. The fourth-order valence-electron chi connectivity index (χ4n) is 1.89. The van der Waals surface area contributed by atoms with E-state index in [0.29, 0.717) is 6.04 Å². The van der Waals surface area contributed by atoms with Gasteiger partial charge in [-0.2, -0.15) is 0 Å². The summed E-state index contributed by atoms with van der Waals surface area (Å²) < 4.78 is 5.20. The van der Waals surface area contributed by atoms with Gasteiger partial charge in [-0.3, -0.25) is 0 Å². The molecule has 0 spiro atoms. The van der Waals surface area contributed by atoms with Crippen LogP contribution in [0.3, 0.4) is 0 Å². The number of hydrogen-bond acceptors (Lipinski definition) is 2. The topological polar surface area (TPSA) is 21.3 Å². The zero-order chi connectivity index (χ0) is 9.26. The Labute approximate surface area is 78.9 Å². The highest BCUT2D eigenvalue weighted by atomic mass is 16.5. The lowest BCUT2D eigenvalue weighted by Gasteiger charge is -2.09. The first-order chi connectivity index (χ1) is 6.35. The van der Waals surface area contributed by atoms with Gasteiger partial charge in [0.25, 0.3) is 0 Å². The smallest absolute Gasteiger partial charge is 0.119 e. The number of fused-ring (bicyclic) bond motifs is 1. The number of ether oxygens (including phenoxy) is 1. The minimum Gasteiger partial charge on any atom is -0.497 e. The van der Waals surface area contributed by atoms with Crippen molar-refractivity contribution < 1.29 is 4.74 Å². The van der Waals surface area contributed by atoms with Crippen LogP contribution in [0.5, 0.6) is 5.75 Å². The van der Waals surface area contributed by atoms with Gasteiger partial charge >= 0.3 is 0 Å². The summed E-state index contributed by atoms with van der Waals surface area (Å²) in [5.74, 6) is 0.959. The van der Waals surface area contributed by atoms with Gasteiger partial charge in [0.05, 0.1) is 7.11 Å². The standard InChI is InChI=1S/C11H15NO/c1-3-11-10-6-9(13-2)5-4-8(10)7-12-11/h4-6,11-12H,3,7H2,1-2H3. The third-order valence-electron chi connectivity index (χ3n) is 2.68. The molecule has 1 atom stereocenters. The minimum atomic E-state index is 0.519. The van der Waals surface area contributed by atoms with Gasteiger partial charge in [-0.25, -0.2) is 0 Å². The molecule has 0 amide bonds. The normalized spacial score (nSPS) is 20.0. The van der Waals surface area contributed by atoms with Crippen LogP contribution < -0.4 is 10.1 Å². The molecule has 0 fully saturated rings. The summed E-state index contributed by atoms with van der Waals surface area (Å²) >= 11 is 0. The van der Waals surface area contributed by atoms with Crippen molar-refractivity contribution in [1.29, 1.82) is 0 Å². The highest BCUT2D eigenvalue weighted by Crippen LogP contribution is 2.30. The lowest BCUT2D eigenvalue weighted by molar-refractivity contribution is 0.413. The maximum absolute atomic E-state index is 5.20. The molecule has 1 N–H and O–H groups in total. The Morgan fingerprint density at radius 3 is 3.08 bits per heavy atom. The van der Waals surface area contributed by atoms with Crippen LogP contribution in [0.4, 0.5) is 0 Å². The van der Waals surface area contributed by atoms with E-state index in [-0.39, 0.29) is 0 Å². The molecule has 0 radical (unpaired) electrons. The number of nitrogens with one attached hydrogen (secondary N) is 1. The molecule has 2 nitrogen and oxygen atoms in total. The maximum atomic E-state index is 5.20. The van der Waals surface area contributed by atoms with E-state index in [4.69, 9.17) is 4.74 Å². The molecule has 1 aliphatic heterocycles. The molecule has 2 rings (SSSR count). The van der Waals surface area contributed by atoms with E-state index in [1.165, 1.54) is 11.1 Å². The van der Waals surface area contributed by atoms with Gasteiger partial charge in [0.15, 0.2) is 0 Å². The molecule has 1 aromatic carbocycles. The van der Waals surface area contributed by atoms with Gasteiger partial charge in [0, 0.05) is 12.6 Å². The Morgan fingerprint density at radius 1 is 1.54 bits per heavy atom.